The fraction of sp³-hybridized carbons (Fsp3) is 0.364. The van der Waals surface area contributed by atoms with E-state index >= 15 is 0 Å². The second kappa shape index (κ2) is 4.30. The number of hydrogen-bond donors (Lipinski definition) is 1. The molecule has 0 radical (unpaired) electrons. The van der Waals surface area contributed by atoms with Gasteiger partial charge in [0.25, 0.3) is 5.69 Å². The van der Waals surface area contributed by atoms with Crippen LogP contribution in [-0.4, -0.2) is 16.3 Å². The van der Waals surface area contributed by atoms with E-state index in [1.165, 1.54) is 12.3 Å². The molecule has 0 aliphatic heterocycles. The minimum absolute atomic E-state index is 0.0462. The van der Waals surface area contributed by atoms with Crippen molar-refractivity contribution in [3.8, 4) is 0 Å². The molecule has 0 heterocycles. The van der Waals surface area contributed by atoms with Gasteiger partial charge in [0.05, 0.1) is 11.1 Å². The highest BCUT2D eigenvalue weighted by Gasteiger charge is 2.27. The third-order valence-corrected chi connectivity index (χ3v) is 2.22. The molecule has 0 unspecified atom stereocenters. The molecule has 0 aliphatic carbocycles. The Labute approximate surface area is 93.6 Å². The normalized spacial score (nSPS) is 11.9. The first-order chi connectivity index (χ1) is 7.38. The van der Waals surface area contributed by atoms with Crippen molar-refractivity contribution in [3.05, 3.63) is 39.4 Å². The van der Waals surface area contributed by atoms with Crippen LogP contribution in [0.5, 0.6) is 0 Å². The molecule has 0 saturated carbocycles. The molecule has 0 amide bonds. The van der Waals surface area contributed by atoms with Crippen molar-refractivity contribution in [1.29, 1.82) is 0 Å². The maximum atomic E-state index is 10.9. The van der Waals surface area contributed by atoms with Gasteiger partial charge in [0.15, 0.2) is 0 Å². The molecule has 1 N–H and O–H groups in total. The van der Waals surface area contributed by atoms with E-state index in [9.17, 15) is 10.1 Å². The first-order valence-corrected chi connectivity index (χ1v) is 4.83. The highest BCUT2D eigenvalue weighted by molar-refractivity contribution is 5.83. The van der Waals surface area contributed by atoms with Crippen LogP contribution in [0.4, 0.5) is 5.69 Å². The monoisotopic (exact) mass is 222 g/mol. The van der Waals surface area contributed by atoms with Crippen LogP contribution in [-0.2, 0) is 5.41 Å². The third-order valence-electron chi connectivity index (χ3n) is 2.22. The average molecular weight is 222 g/mol. The molecule has 0 bridgehead atoms. The lowest BCUT2D eigenvalue weighted by Crippen LogP contribution is -2.16. The summed E-state index contributed by atoms with van der Waals surface area (Å²) in [5.41, 5.74) is 0.784. The van der Waals surface area contributed by atoms with E-state index in [4.69, 9.17) is 5.21 Å². The summed E-state index contributed by atoms with van der Waals surface area (Å²) in [6.45, 7) is 5.64. The molecule has 5 heteroatoms. The summed E-state index contributed by atoms with van der Waals surface area (Å²) in [7, 11) is 0. The lowest BCUT2D eigenvalue weighted by molar-refractivity contribution is -0.386. The van der Waals surface area contributed by atoms with Gasteiger partial charge in [0, 0.05) is 17.2 Å². The van der Waals surface area contributed by atoms with Gasteiger partial charge >= 0.3 is 0 Å². The Morgan fingerprint density at radius 1 is 1.44 bits per heavy atom. The second-order valence-electron chi connectivity index (χ2n) is 4.49. The summed E-state index contributed by atoms with van der Waals surface area (Å²) < 4.78 is 0. The second-order valence-corrected chi connectivity index (χ2v) is 4.49. The Bertz CT molecular complexity index is 433. The van der Waals surface area contributed by atoms with E-state index < -0.39 is 4.92 Å². The number of benzene rings is 1. The van der Waals surface area contributed by atoms with Crippen LogP contribution < -0.4 is 0 Å². The number of rotatable bonds is 2. The van der Waals surface area contributed by atoms with Crippen molar-refractivity contribution in [1.82, 2.24) is 0 Å². The Kier molecular flexibility index (Phi) is 3.27. The molecular formula is C11H14N2O3. The maximum Gasteiger partial charge on any atom is 0.273 e. The zero-order valence-electron chi connectivity index (χ0n) is 9.47. The molecule has 86 valence electrons. The number of nitro groups is 1. The summed E-state index contributed by atoms with van der Waals surface area (Å²) >= 11 is 0. The molecule has 0 fully saturated rings. The van der Waals surface area contributed by atoms with Crippen LogP contribution in [0, 0.1) is 10.1 Å². The number of nitro benzene ring substituents is 1. The van der Waals surface area contributed by atoms with E-state index in [0.717, 1.165) is 0 Å². The maximum absolute atomic E-state index is 10.9. The number of oxime groups is 1. The lowest BCUT2D eigenvalue weighted by Gasteiger charge is -2.20. The molecule has 0 saturated heterocycles. The summed E-state index contributed by atoms with van der Waals surface area (Å²) in [5.74, 6) is 0. The molecule has 1 aromatic carbocycles. The SMILES string of the molecule is CC(C)(C)c1c(/C=N/O)cccc1[N+](=O)[O-]. The van der Waals surface area contributed by atoms with Crippen molar-refractivity contribution in [2.24, 2.45) is 5.16 Å². The van der Waals surface area contributed by atoms with E-state index in [2.05, 4.69) is 5.16 Å². The molecule has 5 nitrogen and oxygen atoms in total. The van der Waals surface area contributed by atoms with Crippen molar-refractivity contribution in [2.75, 3.05) is 0 Å². The molecule has 0 spiro atoms. The van der Waals surface area contributed by atoms with Gasteiger partial charge in [-0.3, -0.25) is 10.1 Å². The molecule has 0 aliphatic rings. The van der Waals surface area contributed by atoms with Gasteiger partial charge in [-0.05, 0) is 5.41 Å². The molecule has 1 aromatic rings. The van der Waals surface area contributed by atoms with Crippen LogP contribution in [0.15, 0.2) is 23.4 Å². The van der Waals surface area contributed by atoms with Gasteiger partial charge in [-0.1, -0.05) is 38.1 Å². The van der Waals surface area contributed by atoms with Gasteiger partial charge < -0.3 is 5.21 Å². The van der Waals surface area contributed by atoms with Crippen LogP contribution in [0.2, 0.25) is 0 Å². The molecule has 16 heavy (non-hydrogen) atoms. The zero-order valence-corrected chi connectivity index (χ0v) is 9.47. The largest absolute Gasteiger partial charge is 0.411 e. The third kappa shape index (κ3) is 2.36. The molecular weight excluding hydrogens is 208 g/mol. The Balaban J connectivity index is 3.53. The summed E-state index contributed by atoms with van der Waals surface area (Å²) in [4.78, 5) is 10.5. The first kappa shape index (κ1) is 12.2. The predicted molar refractivity (Wildman–Crippen MR) is 61.2 cm³/mol. The topological polar surface area (TPSA) is 75.7 Å². The van der Waals surface area contributed by atoms with E-state index in [0.29, 0.717) is 11.1 Å². The Hall–Kier alpha value is -1.91. The van der Waals surface area contributed by atoms with Gasteiger partial charge in [0.2, 0.25) is 0 Å². The predicted octanol–water partition coefficient (Wildman–Crippen LogP) is 2.70. The fourth-order valence-electron chi connectivity index (χ4n) is 1.70. The van der Waals surface area contributed by atoms with E-state index in [1.54, 1.807) is 12.1 Å². The van der Waals surface area contributed by atoms with Crippen LogP contribution in [0.1, 0.15) is 31.9 Å². The van der Waals surface area contributed by atoms with Gasteiger partial charge in [0.1, 0.15) is 0 Å². The average Bonchev–Trinajstić information content (AvgIpc) is 2.16. The highest BCUT2D eigenvalue weighted by Crippen LogP contribution is 2.33. The Morgan fingerprint density at radius 3 is 2.50 bits per heavy atom. The quantitative estimate of drug-likeness (QED) is 0.361. The van der Waals surface area contributed by atoms with Crippen LogP contribution >= 0.6 is 0 Å². The summed E-state index contributed by atoms with van der Waals surface area (Å²) in [5, 5.41) is 22.4. The van der Waals surface area contributed by atoms with Crippen molar-refractivity contribution >= 4 is 11.9 Å². The molecule has 0 aromatic heterocycles. The first-order valence-electron chi connectivity index (χ1n) is 4.83. The fourth-order valence-corrected chi connectivity index (χ4v) is 1.70. The summed E-state index contributed by atoms with van der Waals surface area (Å²) in [6.07, 6.45) is 1.22. The Morgan fingerprint density at radius 2 is 2.06 bits per heavy atom. The smallest absolute Gasteiger partial charge is 0.273 e. The highest BCUT2D eigenvalue weighted by atomic mass is 16.6. The van der Waals surface area contributed by atoms with Gasteiger partial charge in [-0.15, -0.1) is 0 Å². The minimum Gasteiger partial charge on any atom is -0.411 e. The van der Waals surface area contributed by atoms with Crippen molar-refractivity contribution < 1.29 is 10.1 Å². The van der Waals surface area contributed by atoms with E-state index in [1.807, 2.05) is 20.8 Å². The molecule has 1 rings (SSSR count). The lowest BCUT2D eigenvalue weighted by atomic mass is 9.83. The van der Waals surface area contributed by atoms with Crippen LogP contribution in [0.3, 0.4) is 0 Å². The zero-order chi connectivity index (χ0) is 12.3. The van der Waals surface area contributed by atoms with Crippen molar-refractivity contribution in [2.45, 2.75) is 26.2 Å². The standard InChI is InChI=1S/C11H14N2O3/c1-11(2,3)10-8(7-12-14)5-4-6-9(10)13(15)16/h4-7,14H,1-3H3/b12-7+. The van der Waals surface area contributed by atoms with Crippen molar-refractivity contribution in [3.63, 3.8) is 0 Å². The minimum atomic E-state index is -0.421. The number of hydrogen-bond acceptors (Lipinski definition) is 4. The van der Waals surface area contributed by atoms with Gasteiger partial charge in [-0.25, -0.2) is 0 Å². The van der Waals surface area contributed by atoms with Crippen LogP contribution in [0.25, 0.3) is 0 Å². The van der Waals surface area contributed by atoms with E-state index in [-0.39, 0.29) is 11.1 Å². The summed E-state index contributed by atoms with van der Waals surface area (Å²) in [6, 6.07) is 4.72. The molecule has 0 atom stereocenters. The number of nitrogens with zero attached hydrogens (tertiary/aromatic N) is 2. The van der Waals surface area contributed by atoms with Gasteiger partial charge in [-0.2, -0.15) is 0 Å².